The maximum atomic E-state index is 13.5. The highest BCUT2D eigenvalue weighted by Crippen LogP contribution is 2.28. The van der Waals surface area contributed by atoms with Crippen LogP contribution in [0.2, 0.25) is 0 Å². The Balaban J connectivity index is 1.79. The molecular weight excluding hydrogens is 335 g/mol. The van der Waals surface area contributed by atoms with Gasteiger partial charge < -0.3 is 9.64 Å². The topological polar surface area (TPSA) is 75.6 Å². The van der Waals surface area contributed by atoms with Gasteiger partial charge in [-0.1, -0.05) is 0 Å². The first kappa shape index (κ1) is 16.6. The number of sulfonamides is 1. The molecule has 128 valence electrons. The maximum absolute atomic E-state index is 13.5. The van der Waals surface area contributed by atoms with Crippen LogP contribution < -0.4 is 9.64 Å². The van der Waals surface area contributed by atoms with Crippen LogP contribution in [0, 0.1) is 5.82 Å². The Bertz CT molecular complexity index is 809. The predicted molar refractivity (Wildman–Crippen MR) is 86.0 cm³/mol. The highest BCUT2D eigenvalue weighted by Gasteiger charge is 2.31. The van der Waals surface area contributed by atoms with Crippen LogP contribution in [0.3, 0.4) is 0 Å². The van der Waals surface area contributed by atoms with Gasteiger partial charge in [-0.2, -0.15) is 9.40 Å². The molecule has 1 aromatic carbocycles. The van der Waals surface area contributed by atoms with E-state index < -0.39 is 15.8 Å². The number of benzene rings is 1. The molecule has 24 heavy (non-hydrogen) atoms. The van der Waals surface area contributed by atoms with Crippen molar-refractivity contribution in [3.63, 3.8) is 0 Å². The molecule has 1 aliphatic heterocycles. The number of halogens is 1. The standard InChI is InChI=1S/C15H17FN4O3S/c1-23-13-5-4-12(16)11-14(13)24(21,22)20-9-7-19(8-10-20)15-3-2-6-17-18-15/h2-6,11H,7-10H2,1H3. The molecule has 0 amide bonds. The number of hydrogen-bond acceptors (Lipinski definition) is 6. The summed E-state index contributed by atoms with van der Waals surface area (Å²) in [5.41, 5.74) is 0. The van der Waals surface area contributed by atoms with E-state index >= 15 is 0 Å². The van der Waals surface area contributed by atoms with E-state index in [0.717, 1.165) is 6.07 Å². The smallest absolute Gasteiger partial charge is 0.246 e. The fraction of sp³-hybridized carbons (Fsp3) is 0.333. The summed E-state index contributed by atoms with van der Waals surface area (Å²) in [4.78, 5) is 1.81. The Morgan fingerprint density at radius 1 is 1.17 bits per heavy atom. The van der Waals surface area contributed by atoms with E-state index in [9.17, 15) is 12.8 Å². The fourth-order valence-corrected chi connectivity index (χ4v) is 4.20. The molecule has 0 aliphatic carbocycles. The van der Waals surface area contributed by atoms with Gasteiger partial charge >= 0.3 is 0 Å². The summed E-state index contributed by atoms with van der Waals surface area (Å²) in [7, 11) is -2.47. The lowest BCUT2D eigenvalue weighted by molar-refractivity contribution is 0.372. The molecule has 2 heterocycles. The average molecular weight is 352 g/mol. The van der Waals surface area contributed by atoms with Gasteiger partial charge in [-0.3, -0.25) is 0 Å². The summed E-state index contributed by atoms with van der Waals surface area (Å²) < 4.78 is 45.5. The predicted octanol–water partition coefficient (Wildman–Crippen LogP) is 1.14. The van der Waals surface area contributed by atoms with E-state index in [1.165, 1.54) is 23.5 Å². The third-order valence-electron chi connectivity index (χ3n) is 3.86. The minimum atomic E-state index is -3.83. The van der Waals surface area contributed by atoms with Crippen LogP contribution >= 0.6 is 0 Å². The third-order valence-corrected chi connectivity index (χ3v) is 5.78. The van der Waals surface area contributed by atoms with Gasteiger partial charge in [0.15, 0.2) is 5.82 Å². The molecule has 0 unspecified atom stereocenters. The molecule has 0 spiro atoms. The second kappa shape index (κ2) is 6.70. The maximum Gasteiger partial charge on any atom is 0.246 e. The Kier molecular flexibility index (Phi) is 4.63. The van der Waals surface area contributed by atoms with Crippen molar-refractivity contribution >= 4 is 15.8 Å². The summed E-state index contributed by atoms with van der Waals surface area (Å²) in [5, 5.41) is 7.85. The molecule has 1 fully saturated rings. The van der Waals surface area contributed by atoms with E-state index in [2.05, 4.69) is 10.2 Å². The molecule has 1 aliphatic rings. The first-order valence-corrected chi connectivity index (χ1v) is 8.83. The Morgan fingerprint density at radius 3 is 2.54 bits per heavy atom. The van der Waals surface area contributed by atoms with Crippen LogP contribution in [-0.4, -0.2) is 56.2 Å². The largest absolute Gasteiger partial charge is 0.495 e. The van der Waals surface area contributed by atoms with Crippen molar-refractivity contribution in [2.24, 2.45) is 0 Å². The minimum Gasteiger partial charge on any atom is -0.495 e. The molecule has 7 nitrogen and oxygen atoms in total. The lowest BCUT2D eigenvalue weighted by Gasteiger charge is -2.34. The van der Waals surface area contributed by atoms with E-state index in [1.54, 1.807) is 12.3 Å². The van der Waals surface area contributed by atoms with Gasteiger partial charge in [-0.25, -0.2) is 12.8 Å². The van der Waals surface area contributed by atoms with Crippen molar-refractivity contribution in [3.8, 4) is 5.75 Å². The summed E-state index contributed by atoms with van der Waals surface area (Å²) in [5.74, 6) is 0.221. The molecule has 0 atom stereocenters. The SMILES string of the molecule is COc1ccc(F)cc1S(=O)(=O)N1CCN(c2cccnn2)CC1. The quantitative estimate of drug-likeness (QED) is 0.821. The number of piperazine rings is 1. The van der Waals surface area contributed by atoms with Gasteiger partial charge in [0.25, 0.3) is 0 Å². The zero-order valence-electron chi connectivity index (χ0n) is 13.1. The van der Waals surface area contributed by atoms with Crippen molar-refractivity contribution < 1.29 is 17.5 Å². The van der Waals surface area contributed by atoms with Crippen LogP contribution in [0.15, 0.2) is 41.4 Å². The van der Waals surface area contributed by atoms with Gasteiger partial charge in [0.1, 0.15) is 16.5 Å². The Hall–Kier alpha value is -2.26. The number of ether oxygens (including phenoxy) is 1. The van der Waals surface area contributed by atoms with E-state index in [1.807, 2.05) is 11.0 Å². The highest BCUT2D eigenvalue weighted by molar-refractivity contribution is 7.89. The number of rotatable bonds is 4. The zero-order chi connectivity index (χ0) is 17.2. The first-order chi connectivity index (χ1) is 11.5. The highest BCUT2D eigenvalue weighted by atomic mass is 32.2. The number of aromatic nitrogens is 2. The summed E-state index contributed by atoms with van der Waals surface area (Å²) in [6.07, 6.45) is 1.58. The molecule has 0 radical (unpaired) electrons. The number of nitrogens with zero attached hydrogens (tertiary/aromatic N) is 4. The van der Waals surface area contributed by atoms with Crippen LogP contribution in [0.1, 0.15) is 0 Å². The lowest BCUT2D eigenvalue weighted by Crippen LogP contribution is -2.49. The van der Waals surface area contributed by atoms with Gasteiger partial charge in [0.05, 0.1) is 7.11 Å². The van der Waals surface area contributed by atoms with Gasteiger partial charge in [-0.15, -0.1) is 5.10 Å². The lowest BCUT2D eigenvalue weighted by atomic mass is 10.3. The van der Waals surface area contributed by atoms with Crippen molar-refractivity contribution in [3.05, 3.63) is 42.3 Å². The molecule has 9 heteroatoms. The molecule has 1 saturated heterocycles. The molecule has 0 saturated carbocycles. The van der Waals surface area contributed by atoms with Crippen LogP contribution in [0.4, 0.5) is 10.2 Å². The Morgan fingerprint density at radius 2 is 1.92 bits per heavy atom. The minimum absolute atomic E-state index is 0.132. The van der Waals surface area contributed by atoms with Crippen molar-refractivity contribution in [1.29, 1.82) is 0 Å². The summed E-state index contributed by atoms with van der Waals surface area (Å²) in [6.45, 7) is 1.52. The summed E-state index contributed by atoms with van der Waals surface area (Å²) >= 11 is 0. The Labute approximate surface area is 139 Å². The molecule has 2 aromatic rings. The van der Waals surface area contributed by atoms with Crippen molar-refractivity contribution in [2.45, 2.75) is 4.90 Å². The number of methoxy groups -OCH3 is 1. The average Bonchev–Trinajstić information content (AvgIpc) is 2.62. The van der Waals surface area contributed by atoms with Crippen LogP contribution in [0.25, 0.3) is 0 Å². The molecule has 3 rings (SSSR count). The van der Waals surface area contributed by atoms with Crippen LogP contribution in [-0.2, 0) is 10.0 Å². The first-order valence-electron chi connectivity index (χ1n) is 7.39. The molecular formula is C15H17FN4O3S. The number of anilines is 1. The summed E-state index contributed by atoms with van der Waals surface area (Å²) in [6, 6.07) is 7.08. The van der Waals surface area contributed by atoms with E-state index in [4.69, 9.17) is 4.74 Å². The number of hydrogen-bond donors (Lipinski definition) is 0. The molecule has 0 bridgehead atoms. The zero-order valence-corrected chi connectivity index (χ0v) is 13.9. The van der Waals surface area contributed by atoms with Gasteiger partial charge in [0, 0.05) is 32.4 Å². The second-order valence-electron chi connectivity index (χ2n) is 5.27. The van der Waals surface area contributed by atoms with Gasteiger partial charge in [-0.05, 0) is 30.3 Å². The van der Waals surface area contributed by atoms with Crippen molar-refractivity contribution in [2.75, 3.05) is 38.2 Å². The second-order valence-corrected chi connectivity index (χ2v) is 7.17. The van der Waals surface area contributed by atoms with Crippen LogP contribution in [0.5, 0.6) is 5.75 Å². The fourth-order valence-electron chi connectivity index (χ4n) is 2.61. The van der Waals surface area contributed by atoms with Crippen molar-refractivity contribution in [1.82, 2.24) is 14.5 Å². The van der Waals surface area contributed by atoms with E-state index in [0.29, 0.717) is 18.9 Å². The molecule has 1 aromatic heterocycles. The third kappa shape index (κ3) is 3.17. The van der Waals surface area contributed by atoms with Gasteiger partial charge in [0.2, 0.25) is 10.0 Å². The monoisotopic (exact) mass is 352 g/mol. The normalized spacial score (nSPS) is 16.2. The van der Waals surface area contributed by atoms with E-state index in [-0.39, 0.29) is 23.7 Å². The molecule has 0 N–H and O–H groups in total.